The van der Waals surface area contributed by atoms with Gasteiger partial charge in [-0.15, -0.1) is 0 Å². The van der Waals surface area contributed by atoms with Crippen molar-refractivity contribution in [1.82, 2.24) is 9.47 Å². The minimum absolute atomic E-state index is 0.209. The Morgan fingerprint density at radius 1 is 1.06 bits per heavy atom. The number of carbonyl (C=O) groups is 1. The van der Waals surface area contributed by atoms with E-state index in [0.717, 1.165) is 23.4 Å². The lowest BCUT2D eigenvalue weighted by Gasteiger charge is -2.26. The Kier molecular flexibility index (Phi) is 7.51. The number of rotatable bonds is 7. The summed E-state index contributed by atoms with van der Waals surface area (Å²) in [4.78, 5) is 14.6. The van der Waals surface area contributed by atoms with Crippen molar-refractivity contribution in [3.05, 3.63) is 88.7 Å². The van der Waals surface area contributed by atoms with Crippen LogP contribution < -0.4 is 5.32 Å². The maximum atomic E-state index is 12.9. The summed E-state index contributed by atoms with van der Waals surface area (Å²) in [5, 5.41) is 3.38. The molecular weight excluding hydrogens is 439 g/mol. The summed E-state index contributed by atoms with van der Waals surface area (Å²) < 4.78 is 40.4. The number of hydrogen-bond acceptors (Lipinski definition) is 1. The van der Waals surface area contributed by atoms with Gasteiger partial charge in [0.25, 0.3) is 0 Å². The molecule has 1 heterocycles. The van der Waals surface area contributed by atoms with Crippen LogP contribution in [0.15, 0.2) is 66.9 Å². The predicted molar refractivity (Wildman–Crippen MR) is 121 cm³/mol. The summed E-state index contributed by atoms with van der Waals surface area (Å²) in [6.45, 7) is 5.41. The van der Waals surface area contributed by atoms with Crippen LogP contribution in [-0.4, -0.2) is 22.0 Å². The number of urea groups is 1. The first-order valence-corrected chi connectivity index (χ1v) is 10.6. The molecule has 2 amide bonds. The Morgan fingerprint density at radius 2 is 1.75 bits per heavy atom. The van der Waals surface area contributed by atoms with Gasteiger partial charge >= 0.3 is 12.2 Å². The second kappa shape index (κ2) is 10.1. The van der Waals surface area contributed by atoms with Crippen molar-refractivity contribution >= 4 is 23.3 Å². The number of halogens is 4. The third kappa shape index (κ3) is 6.29. The summed E-state index contributed by atoms with van der Waals surface area (Å²) in [6, 6.07) is 15.5. The van der Waals surface area contributed by atoms with E-state index in [2.05, 4.69) is 5.32 Å². The Hall–Kier alpha value is -2.93. The van der Waals surface area contributed by atoms with Gasteiger partial charge < -0.3 is 14.8 Å². The Labute approximate surface area is 190 Å². The molecule has 4 nitrogen and oxygen atoms in total. The van der Waals surface area contributed by atoms with Gasteiger partial charge in [0.15, 0.2) is 0 Å². The second-order valence-corrected chi connectivity index (χ2v) is 8.41. The third-order valence-corrected chi connectivity index (χ3v) is 5.28. The van der Waals surface area contributed by atoms with Gasteiger partial charge in [-0.2, -0.15) is 13.2 Å². The highest BCUT2D eigenvalue weighted by Gasteiger charge is 2.30. The van der Waals surface area contributed by atoms with Crippen LogP contribution >= 0.6 is 11.6 Å². The predicted octanol–water partition coefficient (Wildman–Crippen LogP) is 6.90. The molecule has 1 N–H and O–H groups in total. The topological polar surface area (TPSA) is 37.3 Å². The Bertz CT molecular complexity index is 1050. The highest BCUT2D eigenvalue weighted by atomic mass is 35.5. The van der Waals surface area contributed by atoms with Crippen LogP contribution in [0.4, 0.5) is 23.7 Å². The van der Waals surface area contributed by atoms with Crippen molar-refractivity contribution in [3.63, 3.8) is 0 Å². The second-order valence-electron chi connectivity index (χ2n) is 8.00. The zero-order valence-corrected chi connectivity index (χ0v) is 18.6. The molecule has 1 aromatic heterocycles. The number of benzene rings is 2. The molecule has 0 spiro atoms. The molecule has 0 radical (unpaired) electrons. The van der Waals surface area contributed by atoms with Crippen LogP contribution in [0.25, 0.3) is 0 Å². The molecule has 0 bridgehead atoms. The van der Waals surface area contributed by atoms with E-state index in [4.69, 9.17) is 11.6 Å². The molecule has 2 aromatic carbocycles. The van der Waals surface area contributed by atoms with E-state index in [1.165, 1.54) is 12.1 Å². The van der Waals surface area contributed by atoms with E-state index in [-0.39, 0.29) is 11.9 Å². The molecular formula is C24H25ClF3N3O. The smallest absolute Gasteiger partial charge is 0.345 e. The van der Waals surface area contributed by atoms with Crippen molar-refractivity contribution in [2.45, 2.75) is 33.1 Å². The van der Waals surface area contributed by atoms with Crippen LogP contribution in [0.1, 0.15) is 30.7 Å². The lowest BCUT2D eigenvalue weighted by atomic mass is 10.2. The fourth-order valence-electron chi connectivity index (χ4n) is 3.36. The first-order chi connectivity index (χ1) is 15.1. The number of nitrogens with zero attached hydrogens (tertiary/aromatic N) is 2. The maximum Gasteiger partial charge on any atom is 0.416 e. The average molecular weight is 464 g/mol. The van der Waals surface area contributed by atoms with Gasteiger partial charge in [0.2, 0.25) is 0 Å². The van der Waals surface area contributed by atoms with Crippen LogP contribution in [0.5, 0.6) is 0 Å². The molecule has 0 fully saturated rings. The summed E-state index contributed by atoms with van der Waals surface area (Å²) >= 11 is 6.29. The van der Waals surface area contributed by atoms with Gasteiger partial charge in [0.1, 0.15) is 0 Å². The van der Waals surface area contributed by atoms with E-state index < -0.39 is 11.7 Å². The van der Waals surface area contributed by atoms with Crippen LogP contribution in [0.3, 0.4) is 0 Å². The normalized spacial score (nSPS) is 11.6. The standard InChI is InChI=1S/C24H25ClF3N3O/c1-17(2)14-31(23(32)29-20-11-9-19(10-12-20)24(26,27)28)16-21-7-5-13-30(21)15-18-6-3-4-8-22(18)25/h3-13,17H,14-16H2,1-2H3,(H,29,32). The Morgan fingerprint density at radius 3 is 2.38 bits per heavy atom. The van der Waals surface area contributed by atoms with Gasteiger partial charge in [-0.25, -0.2) is 4.79 Å². The molecule has 32 heavy (non-hydrogen) atoms. The molecule has 0 aliphatic rings. The summed E-state index contributed by atoms with van der Waals surface area (Å²) in [7, 11) is 0. The lowest BCUT2D eigenvalue weighted by Crippen LogP contribution is -2.37. The zero-order chi connectivity index (χ0) is 23.3. The fourth-order valence-corrected chi connectivity index (χ4v) is 3.55. The molecule has 0 saturated carbocycles. The van der Waals surface area contributed by atoms with Crippen LogP contribution in [-0.2, 0) is 19.3 Å². The molecule has 0 saturated heterocycles. The molecule has 0 aliphatic heterocycles. The molecule has 3 aromatic rings. The van der Waals surface area contributed by atoms with E-state index in [1.54, 1.807) is 4.90 Å². The Balaban J connectivity index is 1.74. The SMILES string of the molecule is CC(C)CN(Cc1cccn1Cc1ccccc1Cl)C(=O)Nc1ccc(C(F)(F)F)cc1. The van der Waals surface area contributed by atoms with E-state index >= 15 is 0 Å². The van der Waals surface area contributed by atoms with E-state index in [1.807, 2.05) is 61.0 Å². The number of hydrogen-bond donors (Lipinski definition) is 1. The third-order valence-electron chi connectivity index (χ3n) is 4.91. The molecule has 0 unspecified atom stereocenters. The average Bonchev–Trinajstić information content (AvgIpc) is 3.15. The minimum atomic E-state index is -4.42. The van der Waals surface area contributed by atoms with Crippen molar-refractivity contribution in [2.75, 3.05) is 11.9 Å². The molecule has 8 heteroatoms. The van der Waals surface area contributed by atoms with Gasteiger partial charge in [-0.1, -0.05) is 43.6 Å². The molecule has 0 aliphatic carbocycles. The number of alkyl halides is 3. The number of nitrogens with one attached hydrogen (secondary N) is 1. The van der Waals surface area contributed by atoms with E-state index in [9.17, 15) is 18.0 Å². The van der Waals surface area contributed by atoms with Gasteiger partial charge in [0.05, 0.1) is 12.1 Å². The zero-order valence-electron chi connectivity index (χ0n) is 17.9. The van der Waals surface area contributed by atoms with Crippen LogP contribution in [0.2, 0.25) is 5.02 Å². The molecule has 0 atom stereocenters. The van der Waals surface area contributed by atoms with Gasteiger partial charge in [-0.05, 0) is 53.9 Å². The largest absolute Gasteiger partial charge is 0.416 e. The number of amides is 2. The lowest BCUT2D eigenvalue weighted by molar-refractivity contribution is -0.137. The summed E-state index contributed by atoms with van der Waals surface area (Å²) in [6.07, 6.45) is -2.49. The monoisotopic (exact) mass is 463 g/mol. The molecule has 170 valence electrons. The number of aromatic nitrogens is 1. The highest BCUT2D eigenvalue weighted by molar-refractivity contribution is 6.31. The van der Waals surface area contributed by atoms with Gasteiger partial charge in [0, 0.05) is 35.7 Å². The number of carbonyl (C=O) groups excluding carboxylic acids is 1. The van der Waals surface area contributed by atoms with Crippen molar-refractivity contribution in [2.24, 2.45) is 5.92 Å². The van der Waals surface area contributed by atoms with E-state index in [0.29, 0.717) is 30.3 Å². The summed E-state index contributed by atoms with van der Waals surface area (Å²) in [5.74, 6) is 0.209. The maximum absolute atomic E-state index is 12.9. The van der Waals surface area contributed by atoms with Gasteiger partial charge in [-0.3, -0.25) is 0 Å². The summed E-state index contributed by atoms with van der Waals surface area (Å²) in [5.41, 5.74) is 1.44. The minimum Gasteiger partial charge on any atom is -0.345 e. The van der Waals surface area contributed by atoms with Crippen LogP contribution in [0, 0.1) is 5.92 Å². The number of anilines is 1. The van der Waals surface area contributed by atoms with Crippen molar-refractivity contribution in [1.29, 1.82) is 0 Å². The fraction of sp³-hybridized carbons (Fsp3) is 0.292. The quantitative estimate of drug-likeness (QED) is 0.406. The molecule has 3 rings (SSSR count). The first-order valence-electron chi connectivity index (χ1n) is 10.2. The highest BCUT2D eigenvalue weighted by Crippen LogP contribution is 2.30. The first kappa shape index (κ1) is 23.7. The van der Waals surface area contributed by atoms with Crippen molar-refractivity contribution < 1.29 is 18.0 Å². The van der Waals surface area contributed by atoms with Crippen molar-refractivity contribution in [3.8, 4) is 0 Å².